The quantitative estimate of drug-likeness (QED) is 0.440. The summed E-state index contributed by atoms with van der Waals surface area (Å²) in [4.78, 5) is 0. The van der Waals surface area contributed by atoms with Crippen LogP contribution in [0, 0.1) is 45.3 Å². The minimum absolute atomic E-state index is 0.0267. The number of aliphatic hydroxyl groups excluding tert-OH is 1. The Labute approximate surface area is 198 Å². The van der Waals surface area contributed by atoms with Crippen molar-refractivity contribution in [3.05, 3.63) is 11.6 Å². The van der Waals surface area contributed by atoms with Crippen LogP contribution in [0.4, 0.5) is 0 Å². The first kappa shape index (κ1) is 24.8. The van der Waals surface area contributed by atoms with Crippen LogP contribution in [-0.4, -0.2) is 21.9 Å². The molecule has 4 fully saturated rings. The van der Waals surface area contributed by atoms with E-state index in [9.17, 15) is 10.2 Å². The van der Waals surface area contributed by atoms with Gasteiger partial charge in [0.25, 0.3) is 0 Å². The van der Waals surface area contributed by atoms with Gasteiger partial charge in [0.05, 0.1) is 11.7 Å². The van der Waals surface area contributed by atoms with Crippen molar-refractivity contribution >= 4 is 0 Å². The van der Waals surface area contributed by atoms with Crippen LogP contribution in [0.1, 0.15) is 120 Å². The Kier molecular flexibility index (Phi) is 6.07. The number of fused-ring (bicyclic) bond motifs is 5. The molecule has 0 spiro atoms. The Balaban J connectivity index is 1.61. The van der Waals surface area contributed by atoms with Gasteiger partial charge in [0.15, 0.2) is 0 Å². The largest absolute Gasteiger partial charge is 0.393 e. The van der Waals surface area contributed by atoms with Crippen molar-refractivity contribution in [3.63, 3.8) is 0 Å². The predicted octanol–water partition coefficient (Wildman–Crippen LogP) is 7.53. The van der Waals surface area contributed by atoms with Gasteiger partial charge in [0, 0.05) is 0 Å². The van der Waals surface area contributed by atoms with Crippen molar-refractivity contribution in [1.82, 2.24) is 0 Å². The van der Waals surface area contributed by atoms with Crippen LogP contribution in [0.25, 0.3) is 0 Å². The van der Waals surface area contributed by atoms with Crippen LogP contribution in [-0.2, 0) is 0 Å². The zero-order chi connectivity index (χ0) is 23.7. The molecule has 0 aromatic carbocycles. The van der Waals surface area contributed by atoms with Crippen molar-refractivity contribution in [2.45, 2.75) is 131 Å². The normalized spacial score (nSPS) is 49.4. The molecule has 2 unspecified atom stereocenters. The standard InChI is InChI=1S/C30H52O2/c1-20(2)10-9-16-30(8,32)22-13-18-28(6)21(22)11-12-24-27(5)17-15-25(31)26(3,4)23(27)14-19-29(24,28)7/h10,21-25,31-32H,9,11-19H2,1-8H3/t21?,22-,23?,24+,25-,27-,28-,29+,30-/m0/s1. The first-order valence-corrected chi connectivity index (χ1v) is 13.7. The third-order valence-electron chi connectivity index (χ3n) is 12.4. The molecule has 0 saturated heterocycles. The van der Waals surface area contributed by atoms with Gasteiger partial charge in [0.1, 0.15) is 0 Å². The van der Waals surface area contributed by atoms with Crippen molar-refractivity contribution in [2.75, 3.05) is 0 Å². The van der Waals surface area contributed by atoms with Gasteiger partial charge in [-0.2, -0.15) is 0 Å². The van der Waals surface area contributed by atoms with Gasteiger partial charge < -0.3 is 10.2 Å². The summed E-state index contributed by atoms with van der Waals surface area (Å²) in [5.74, 6) is 2.45. The Hall–Kier alpha value is -0.340. The van der Waals surface area contributed by atoms with Gasteiger partial charge in [-0.1, -0.05) is 46.3 Å². The molecular formula is C30H52O2. The maximum atomic E-state index is 11.6. The van der Waals surface area contributed by atoms with Gasteiger partial charge in [-0.3, -0.25) is 0 Å². The average molecular weight is 445 g/mol. The summed E-state index contributed by atoms with van der Waals surface area (Å²) in [6.07, 6.45) is 13.8. The minimum atomic E-state index is -0.560. The third kappa shape index (κ3) is 3.40. The molecule has 0 bridgehead atoms. The summed E-state index contributed by atoms with van der Waals surface area (Å²) >= 11 is 0. The number of hydrogen-bond acceptors (Lipinski definition) is 2. The van der Waals surface area contributed by atoms with Crippen molar-refractivity contribution in [1.29, 1.82) is 0 Å². The molecule has 0 radical (unpaired) electrons. The predicted molar refractivity (Wildman–Crippen MR) is 134 cm³/mol. The van der Waals surface area contributed by atoms with E-state index in [4.69, 9.17) is 0 Å². The Bertz CT molecular complexity index is 746. The molecule has 4 aliphatic carbocycles. The average Bonchev–Trinajstić information content (AvgIpc) is 3.04. The Morgan fingerprint density at radius 1 is 0.875 bits per heavy atom. The number of rotatable bonds is 4. The molecule has 0 aromatic heterocycles. The van der Waals surface area contributed by atoms with Crippen LogP contribution in [0.3, 0.4) is 0 Å². The summed E-state index contributed by atoms with van der Waals surface area (Å²) in [6.45, 7) is 19.0. The lowest BCUT2D eigenvalue weighted by Gasteiger charge is -2.70. The molecule has 0 aliphatic heterocycles. The van der Waals surface area contributed by atoms with E-state index in [1.54, 1.807) is 0 Å². The second-order valence-electron chi connectivity index (χ2n) is 14.4. The highest BCUT2D eigenvalue weighted by atomic mass is 16.3. The van der Waals surface area contributed by atoms with E-state index in [2.05, 4.69) is 61.5 Å². The van der Waals surface area contributed by atoms with E-state index in [0.29, 0.717) is 34.0 Å². The van der Waals surface area contributed by atoms with Crippen LogP contribution >= 0.6 is 0 Å². The topological polar surface area (TPSA) is 40.5 Å². The van der Waals surface area contributed by atoms with E-state index in [1.165, 1.54) is 50.5 Å². The smallest absolute Gasteiger partial charge is 0.0653 e. The maximum absolute atomic E-state index is 11.6. The zero-order valence-electron chi connectivity index (χ0n) is 22.4. The fourth-order valence-corrected chi connectivity index (χ4v) is 10.3. The molecule has 4 aliphatic rings. The number of hydrogen-bond donors (Lipinski definition) is 2. The third-order valence-corrected chi connectivity index (χ3v) is 12.4. The molecule has 4 saturated carbocycles. The summed E-state index contributed by atoms with van der Waals surface area (Å²) in [5, 5.41) is 22.5. The SMILES string of the molecule is CC(C)=CCC[C@](C)(O)[C@H]1CC[C@@]2(C)C1CC[C@@H]1[C@@]3(C)CC[C@H](O)C(C)(C)C3CC[C@]12C. The monoisotopic (exact) mass is 444 g/mol. The van der Waals surface area contributed by atoms with Gasteiger partial charge >= 0.3 is 0 Å². The Morgan fingerprint density at radius 3 is 2.19 bits per heavy atom. The zero-order valence-corrected chi connectivity index (χ0v) is 22.4. The lowest BCUT2D eigenvalue weighted by molar-refractivity contribution is -0.225. The first-order chi connectivity index (χ1) is 14.7. The fourth-order valence-electron chi connectivity index (χ4n) is 10.3. The van der Waals surface area contributed by atoms with E-state index >= 15 is 0 Å². The second-order valence-corrected chi connectivity index (χ2v) is 14.4. The molecular weight excluding hydrogens is 392 g/mol. The van der Waals surface area contributed by atoms with E-state index < -0.39 is 5.60 Å². The molecule has 184 valence electrons. The molecule has 0 amide bonds. The molecule has 9 atom stereocenters. The van der Waals surface area contributed by atoms with Crippen LogP contribution in [0.2, 0.25) is 0 Å². The molecule has 32 heavy (non-hydrogen) atoms. The highest BCUT2D eigenvalue weighted by Crippen LogP contribution is 2.75. The minimum Gasteiger partial charge on any atom is -0.393 e. The lowest BCUT2D eigenvalue weighted by atomic mass is 9.35. The van der Waals surface area contributed by atoms with Crippen molar-refractivity contribution < 1.29 is 10.2 Å². The van der Waals surface area contributed by atoms with Gasteiger partial charge in [-0.05, 0) is 130 Å². The molecule has 0 aromatic rings. The lowest BCUT2D eigenvalue weighted by Crippen LogP contribution is -2.64. The molecule has 2 N–H and O–H groups in total. The summed E-state index contributed by atoms with van der Waals surface area (Å²) < 4.78 is 0. The van der Waals surface area contributed by atoms with Crippen LogP contribution in [0.15, 0.2) is 11.6 Å². The van der Waals surface area contributed by atoms with E-state index in [1.807, 2.05) is 0 Å². The molecule has 2 nitrogen and oxygen atoms in total. The summed E-state index contributed by atoms with van der Waals surface area (Å²) in [5.41, 5.74) is 1.84. The molecule has 2 heteroatoms. The van der Waals surface area contributed by atoms with Crippen molar-refractivity contribution in [3.8, 4) is 0 Å². The van der Waals surface area contributed by atoms with Gasteiger partial charge in [-0.15, -0.1) is 0 Å². The second kappa shape index (κ2) is 7.84. The fraction of sp³-hybridized carbons (Fsp3) is 0.933. The van der Waals surface area contributed by atoms with Gasteiger partial charge in [0.2, 0.25) is 0 Å². The highest BCUT2D eigenvalue weighted by molar-refractivity contribution is 5.18. The number of allylic oxidation sites excluding steroid dienone is 2. The van der Waals surface area contributed by atoms with Crippen LogP contribution in [0.5, 0.6) is 0 Å². The first-order valence-electron chi connectivity index (χ1n) is 13.7. The summed E-state index contributed by atoms with van der Waals surface area (Å²) in [6, 6.07) is 0. The van der Waals surface area contributed by atoms with Crippen molar-refractivity contribution in [2.24, 2.45) is 45.3 Å². The van der Waals surface area contributed by atoms with E-state index in [0.717, 1.165) is 25.2 Å². The Morgan fingerprint density at radius 2 is 1.53 bits per heavy atom. The molecule has 4 rings (SSSR count). The van der Waals surface area contributed by atoms with Crippen LogP contribution < -0.4 is 0 Å². The molecule has 0 heterocycles. The maximum Gasteiger partial charge on any atom is 0.0653 e. The van der Waals surface area contributed by atoms with Gasteiger partial charge in [-0.25, -0.2) is 0 Å². The summed E-state index contributed by atoms with van der Waals surface area (Å²) in [7, 11) is 0. The highest BCUT2D eigenvalue weighted by Gasteiger charge is 2.69. The number of aliphatic hydroxyl groups is 2. The van der Waals surface area contributed by atoms with E-state index in [-0.39, 0.29) is 11.5 Å².